The number of sulfone groups is 1. The van der Waals surface area contributed by atoms with Crippen molar-refractivity contribution in [3.63, 3.8) is 0 Å². The first-order valence-corrected chi connectivity index (χ1v) is 10.4. The number of carbonyl (C=O) groups is 1. The van der Waals surface area contributed by atoms with Crippen molar-refractivity contribution in [1.82, 2.24) is 9.88 Å². The van der Waals surface area contributed by atoms with Crippen LogP contribution in [0.1, 0.15) is 36.4 Å². The van der Waals surface area contributed by atoms with Gasteiger partial charge in [-0.25, -0.2) is 13.4 Å². The van der Waals surface area contributed by atoms with Crippen LogP contribution in [0.3, 0.4) is 0 Å². The van der Waals surface area contributed by atoms with Crippen molar-refractivity contribution in [3.8, 4) is 11.3 Å². The molecule has 2 aliphatic rings. The lowest BCUT2D eigenvalue weighted by atomic mass is 10.0. The molecule has 1 aromatic carbocycles. The topological polar surface area (TPSA) is 80.5 Å². The van der Waals surface area contributed by atoms with Crippen molar-refractivity contribution in [3.05, 3.63) is 42.4 Å². The quantitative estimate of drug-likeness (QED) is 0.840. The SMILES string of the molecule is CS(=O)(=O)C1CC2CCC(C1)N2C(=O)c1ncc(-c2ccccc2)o1. The number of amides is 1. The fourth-order valence-electron chi connectivity index (χ4n) is 4.03. The molecule has 2 atom stereocenters. The van der Waals surface area contributed by atoms with Gasteiger partial charge in [0.2, 0.25) is 0 Å². The molecule has 2 unspecified atom stereocenters. The molecule has 1 aromatic heterocycles. The van der Waals surface area contributed by atoms with Gasteiger partial charge in [-0.1, -0.05) is 30.3 Å². The predicted octanol–water partition coefficient (Wildman–Crippen LogP) is 2.52. The third kappa shape index (κ3) is 2.97. The molecule has 0 saturated carbocycles. The average Bonchev–Trinajstić information content (AvgIpc) is 3.17. The van der Waals surface area contributed by atoms with E-state index >= 15 is 0 Å². The van der Waals surface area contributed by atoms with Crippen molar-refractivity contribution in [2.45, 2.75) is 43.0 Å². The van der Waals surface area contributed by atoms with Crippen LogP contribution in [0.25, 0.3) is 11.3 Å². The highest BCUT2D eigenvalue weighted by Gasteiger charge is 2.47. The molecule has 132 valence electrons. The zero-order chi connectivity index (χ0) is 17.6. The minimum Gasteiger partial charge on any atom is -0.432 e. The number of aromatic nitrogens is 1. The minimum atomic E-state index is -3.07. The Hall–Kier alpha value is -2.15. The Morgan fingerprint density at radius 2 is 1.80 bits per heavy atom. The summed E-state index contributed by atoms with van der Waals surface area (Å²) in [4.78, 5) is 18.8. The van der Waals surface area contributed by atoms with Gasteiger partial charge in [-0.05, 0) is 25.7 Å². The summed E-state index contributed by atoms with van der Waals surface area (Å²) in [5, 5.41) is -0.349. The number of hydrogen-bond acceptors (Lipinski definition) is 5. The predicted molar refractivity (Wildman–Crippen MR) is 92.8 cm³/mol. The third-order valence-electron chi connectivity index (χ3n) is 5.28. The number of piperidine rings is 1. The standard InChI is InChI=1S/C18H20N2O4S/c1-25(22,23)15-9-13-7-8-14(10-15)20(13)18(21)17-19-11-16(24-17)12-5-3-2-4-6-12/h2-6,11,13-15H,7-10H2,1H3. The van der Waals surface area contributed by atoms with E-state index in [-0.39, 0.29) is 29.1 Å². The van der Waals surface area contributed by atoms with E-state index < -0.39 is 9.84 Å². The monoisotopic (exact) mass is 360 g/mol. The first-order chi connectivity index (χ1) is 11.9. The van der Waals surface area contributed by atoms with E-state index in [1.165, 1.54) is 6.26 Å². The van der Waals surface area contributed by atoms with Crippen molar-refractivity contribution >= 4 is 15.7 Å². The smallest absolute Gasteiger partial charge is 0.310 e. The van der Waals surface area contributed by atoms with Gasteiger partial charge in [-0.3, -0.25) is 4.79 Å². The van der Waals surface area contributed by atoms with Crippen LogP contribution >= 0.6 is 0 Å². The molecule has 0 aliphatic carbocycles. The second-order valence-electron chi connectivity index (χ2n) is 6.92. The van der Waals surface area contributed by atoms with Crippen LogP contribution in [0.5, 0.6) is 0 Å². The van der Waals surface area contributed by atoms with Gasteiger partial charge < -0.3 is 9.32 Å². The summed E-state index contributed by atoms with van der Waals surface area (Å²) in [7, 11) is -3.07. The van der Waals surface area contributed by atoms with Crippen molar-refractivity contribution < 1.29 is 17.6 Å². The Bertz CT molecular complexity index is 877. The summed E-state index contributed by atoms with van der Waals surface area (Å²) in [6.45, 7) is 0. The average molecular weight is 360 g/mol. The van der Waals surface area contributed by atoms with Crippen molar-refractivity contribution in [2.75, 3.05) is 6.26 Å². The van der Waals surface area contributed by atoms with Gasteiger partial charge >= 0.3 is 5.91 Å². The molecule has 0 radical (unpaired) electrons. The Labute approximate surface area is 146 Å². The first kappa shape index (κ1) is 16.3. The molecular formula is C18H20N2O4S. The van der Waals surface area contributed by atoms with Gasteiger partial charge in [-0.2, -0.15) is 0 Å². The molecule has 2 bridgehead atoms. The number of rotatable bonds is 3. The number of hydrogen-bond donors (Lipinski definition) is 0. The normalized spacial score (nSPS) is 26.0. The summed E-state index contributed by atoms with van der Waals surface area (Å²) in [6.07, 6.45) is 5.55. The van der Waals surface area contributed by atoms with Crippen LogP contribution in [0.15, 0.2) is 40.9 Å². The summed E-state index contributed by atoms with van der Waals surface area (Å²) in [5.41, 5.74) is 0.868. The minimum absolute atomic E-state index is 0.0435. The summed E-state index contributed by atoms with van der Waals surface area (Å²) >= 11 is 0. The fraction of sp³-hybridized carbons (Fsp3) is 0.444. The maximum absolute atomic E-state index is 12.9. The molecule has 6 nitrogen and oxygen atoms in total. The van der Waals surface area contributed by atoms with E-state index in [0.29, 0.717) is 18.6 Å². The van der Waals surface area contributed by atoms with E-state index in [1.807, 2.05) is 30.3 Å². The lowest BCUT2D eigenvalue weighted by molar-refractivity contribution is 0.0558. The number of carbonyl (C=O) groups excluding carboxylic acids is 1. The molecule has 1 amide bonds. The lowest BCUT2D eigenvalue weighted by Crippen LogP contribution is -2.49. The zero-order valence-electron chi connectivity index (χ0n) is 14.0. The Morgan fingerprint density at radius 1 is 1.16 bits per heavy atom. The summed E-state index contributed by atoms with van der Waals surface area (Å²) < 4.78 is 29.4. The van der Waals surface area contributed by atoms with Gasteiger partial charge in [0, 0.05) is 23.9 Å². The van der Waals surface area contributed by atoms with Crippen LogP contribution in [0.4, 0.5) is 0 Å². The molecule has 2 fully saturated rings. The van der Waals surface area contributed by atoms with E-state index in [2.05, 4.69) is 4.98 Å². The Balaban J connectivity index is 1.56. The van der Waals surface area contributed by atoms with Crippen LogP contribution < -0.4 is 0 Å². The molecular weight excluding hydrogens is 340 g/mol. The summed E-state index contributed by atoms with van der Waals surface area (Å²) in [5.74, 6) is 0.400. The highest BCUT2D eigenvalue weighted by atomic mass is 32.2. The highest BCUT2D eigenvalue weighted by molar-refractivity contribution is 7.91. The maximum atomic E-state index is 12.9. The fourth-order valence-corrected chi connectivity index (χ4v) is 5.17. The third-order valence-corrected chi connectivity index (χ3v) is 6.87. The number of benzene rings is 1. The number of oxazole rings is 1. The lowest BCUT2D eigenvalue weighted by Gasteiger charge is -2.37. The van der Waals surface area contributed by atoms with Gasteiger partial charge in [-0.15, -0.1) is 0 Å². The van der Waals surface area contributed by atoms with Gasteiger partial charge in [0.1, 0.15) is 9.84 Å². The van der Waals surface area contributed by atoms with Crippen LogP contribution in [-0.4, -0.2) is 47.8 Å². The molecule has 7 heteroatoms. The highest BCUT2D eigenvalue weighted by Crippen LogP contribution is 2.39. The molecule has 25 heavy (non-hydrogen) atoms. The van der Waals surface area contributed by atoms with Crippen molar-refractivity contribution in [2.24, 2.45) is 0 Å². The van der Waals surface area contributed by atoms with Crippen LogP contribution in [0, 0.1) is 0 Å². The Kier molecular flexibility index (Phi) is 3.91. The van der Waals surface area contributed by atoms with E-state index in [0.717, 1.165) is 18.4 Å². The molecule has 2 aromatic rings. The molecule has 4 rings (SSSR count). The van der Waals surface area contributed by atoms with Crippen molar-refractivity contribution in [1.29, 1.82) is 0 Å². The number of fused-ring (bicyclic) bond motifs is 2. The molecule has 2 aliphatic heterocycles. The molecule has 3 heterocycles. The number of nitrogens with zero attached hydrogens (tertiary/aromatic N) is 2. The molecule has 0 spiro atoms. The van der Waals surface area contributed by atoms with Gasteiger partial charge in [0.15, 0.2) is 5.76 Å². The van der Waals surface area contributed by atoms with Gasteiger partial charge in [0.25, 0.3) is 5.89 Å². The largest absolute Gasteiger partial charge is 0.432 e. The van der Waals surface area contributed by atoms with E-state index in [1.54, 1.807) is 11.1 Å². The zero-order valence-corrected chi connectivity index (χ0v) is 14.8. The van der Waals surface area contributed by atoms with E-state index in [4.69, 9.17) is 4.42 Å². The van der Waals surface area contributed by atoms with Crippen LogP contribution in [0.2, 0.25) is 0 Å². The van der Waals surface area contributed by atoms with Crippen LogP contribution in [-0.2, 0) is 9.84 Å². The molecule has 2 saturated heterocycles. The summed E-state index contributed by atoms with van der Waals surface area (Å²) in [6, 6.07) is 9.42. The maximum Gasteiger partial charge on any atom is 0.310 e. The van der Waals surface area contributed by atoms with E-state index in [9.17, 15) is 13.2 Å². The Morgan fingerprint density at radius 3 is 2.40 bits per heavy atom. The second-order valence-corrected chi connectivity index (χ2v) is 9.24. The second kappa shape index (κ2) is 5.98. The van der Waals surface area contributed by atoms with Gasteiger partial charge in [0.05, 0.1) is 11.4 Å². The first-order valence-electron chi connectivity index (χ1n) is 8.46. The molecule has 0 N–H and O–H groups in total.